The Morgan fingerprint density at radius 2 is 2.62 bits per heavy atom. The second kappa shape index (κ2) is 3.02. The molecule has 0 saturated heterocycles. The highest BCUT2D eigenvalue weighted by atomic mass is 32.1. The fraction of sp³-hybridized carbons (Fsp3) is 0.667. The molecule has 0 aromatic heterocycles. The molecule has 1 rings (SSSR count). The van der Waals surface area contributed by atoms with Gasteiger partial charge in [0.15, 0.2) is 0 Å². The van der Waals surface area contributed by atoms with Crippen molar-refractivity contribution in [2.75, 3.05) is 12.4 Å². The quantitative estimate of drug-likeness (QED) is 0.530. The minimum atomic E-state index is 0.847. The molecule has 0 atom stereocenters. The summed E-state index contributed by atoms with van der Waals surface area (Å²) >= 11 is 4.12. The topological polar surface area (TPSA) is 9.23 Å². The fourth-order valence-electron chi connectivity index (χ4n) is 0.735. The van der Waals surface area contributed by atoms with E-state index < -0.39 is 0 Å². The van der Waals surface area contributed by atoms with Gasteiger partial charge in [0.25, 0.3) is 0 Å². The van der Waals surface area contributed by atoms with Crippen LogP contribution in [-0.2, 0) is 4.74 Å². The molecule has 0 spiro atoms. The van der Waals surface area contributed by atoms with Gasteiger partial charge < -0.3 is 4.74 Å². The molecule has 0 bridgehead atoms. The van der Waals surface area contributed by atoms with Crippen molar-refractivity contribution in [2.24, 2.45) is 0 Å². The molecule has 0 amide bonds. The van der Waals surface area contributed by atoms with Gasteiger partial charge in [0.05, 0.1) is 12.9 Å². The normalized spacial score (nSPS) is 19.4. The van der Waals surface area contributed by atoms with Crippen molar-refractivity contribution >= 4 is 12.6 Å². The largest absolute Gasteiger partial charge is 0.501 e. The van der Waals surface area contributed by atoms with E-state index in [2.05, 4.69) is 12.6 Å². The SMILES string of the molecule is SCC1=COCCC1. The molecule has 0 aromatic carbocycles. The molecular weight excluding hydrogens is 120 g/mol. The van der Waals surface area contributed by atoms with E-state index in [4.69, 9.17) is 4.74 Å². The fourth-order valence-corrected chi connectivity index (χ4v) is 0.967. The van der Waals surface area contributed by atoms with Gasteiger partial charge in [-0.25, -0.2) is 0 Å². The maximum Gasteiger partial charge on any atom is 0.0876 e. The second-order valence-corrected chi connectivity index (χ2v) is 2.22. The van der Waals surface area contributed by atoms with Gasteiger partial charge in [0.2, 0.25) is 0 Å². The van der Waals surface area contributed by atoms with Crippen LogP contribution in [0.3, 0.4) is 0 Å². The number of hydrogen-bond donors (Lipinski definition) is 1. The number of ether oxygens (including phenoxy) is 1. The van der Waals surface area contributed by atoms with Crippen molar-refractivity contribution in [1.29, 1.82) is 0 Å². The summed E-state index contributed by atoms with van der Waals surface area (Å²) in [4.78, 5) is 0. The average Bonchev–Trinajstić information content (AvgIpc) is 1.90. The zero-order valence-corrected chi connectivity index (χ0v) is 5.66. The summed E-state index contributed by atoms with van der Waals surface area (Å²) in [5, 5.41) is 0. The van der Waals surface area contributed by atoms with Gasteiger partial charge in [-0.3, -0.25) is 0 Å². The molecule has 8 heavy (non-hydrogen) atoms. The van der Waals surface area contributed by atoms with Gasteiger partial charge >= 0.3 is 0 Å². The van der Waals surface area contributed by atoms with Crippen LogP contribution in [0.25, 0.3) is 0 Å². The van der Waals surface area contributed by atoms with Crippen molar-refractivity contribution in [3.8, 4) is 0 Å². The van der Waals surface area contributed by atoms with E-state index >= 15 is 0 Å². The van der Waals surface area contributed by atoms with E-state index in [0.717, 1.165) is 18.8 Å². The maximum atomic E-state index is 5.06. The number of rotatable bonds is 1. The summed E-state index contributed by atoms with van der Waals surface area (Å²) < 4.78 is 5.06. The summed E-state index contributed by atoms with van der Waals surface area (Å²) in [5.74, 6) is 0.847. The van der Waals surface area contributed by atoms with Crippen molar-refractivity contribution < 1.29 is 4.74 Å². The summed E-state index contributed by atoms with van der Waals surface area (Å²) in [5.41, 5.74) is 1.32. The molecular formula is C6H10OS. The summed E-state index contributed by atoms with van der Waals surface area (Å²) in [6.45, 7) is 0.886. The minimum absolute atomic E-state index is 0.847. The van der Waals surface area contributed by atoms with Gasteiger partial charge in [-0.2, -0.15) is 12.6 Å². The van der Waals surface area contributed by atoms with Crippen LogP contribution in [0.2, 0.25) is 0 Å². The van der Waals surface area contributed by atoms with Crippen LogP contribution in [0.15, 0.2) is 11.8 Å². The van der Waals surface area contributed by atoms with Crippen molar-refractivity contribution in [2.45, 2.75) is 12.8 Å². The highest BCUT2D eigenvalue weighted by Crippen LogP contribution is 2.11. The molecule has 0 unspecified atom stereocenters. The third-order valence-electron chi connectivity index (χ3n) is 1.21. The third kappa shape index (κ3) is 1.44. The standard InChI is InChI=1S/C6H10OS/c8-5-6-2-1-3-7-4-6/h4,8H,1-3,5H2. The summed E-state index contributed by atoms with van der Waals surface area (Å²) in [6.07, 6.45) is 4.16. The molecule has 1 aliphatic heterocycles. The van der Waals surface area contributed by atoms with E-state index in [1.807, 2.05) is 6.26 Å². The monoisotopic (exact) mass is 130 g/mol. The van der Waals surface area contributed by atoms with Gasteiger partial charge in [-0.05, 0) is 18.4 Å². The van der Waals surface area contributed by atoms with E-state index in [9.17, 15) is 0 Å². The summed E-state index contributed by atoms with van der Waals surface area (Å²) in [7, 11) is 0. The highest BCUT2D eigenvalue weighted by molar-refractivity contribution is 7.80. The van der Waals surface area contributed by atoms with E-state index in [1.165, 1.54) is 12.0 Å². The number of thiol groups is 1. The Balaban J connectivity index is 2.37. The van der Waals surface area contributed by atoms with E-state index in [0.29, 0.717) is 0 Å². The lowest BCUT2D eigenvalue weighted by Gasteiger charge is -2.10. The molecule has 0 saturated carbocycles. The second-order valence-electron chi connectivity index (χ2n) is 1.91. The molecule has 1 nitrogen and oxygen atoms in total. The average molecular weight is 130 g/mol. The highest BCUT2D eigenvalue weighted by Gasteiger charge is 1.99. The molecule has 0 fully saturated rings. The lowest BCUT2D eigenvalue weighted by Crippen LogP contribution is -1.99. The number of hydrogen-bond acceptors (Lipinski definition) is 2. The van der Waals surface area contributed by atoms with Gasteiger partial charge in [-0.1, -0.05) is 0 Å². The lowest BCUT2D eigenvalue weighted by atomic mass is 10.2. The van der Waals surface area contributed by atoms with Crippen LogP contribution >= 0.6 is 12.6 Å². The van der Waals surface area contributed by atoms with Crippen molar-refractivity contribution in [1.82, 2.24) is 0 Å². The Labute approximate surface area is 55.1 Å². The summed E-state index contributed by atoms with van der Waals surface area (Å²) in [6, 6.07) is 0. The Morgan fingerprint density at radius 3 is 3.00 bits per heavy atom. The van der Waals surface area contributed by atoms with Crippen LogP contribution in [0.4, 0.5) is 0 Å². The Kier molecular flexibility index (Phi) is 2.27. The molecule has 1 heterocycles. The zero-order valence-electron chi connectivity index (χ0n) is 4.76. The Morgan fingerprint density at radius 1 is 1.75 bits per heavy atom. The first kappa shape index (κ1) is 6.02. The van der Waals surface area contributed by atoms with Crippen molar-refractivity contribution in [3.63, 3.8) is 0 Å². The predicted octanol–water partition coefficient (Wildman–Crippen LogP) is 1.61. The molecule has 1 aliphatic rings. The minimum Gasteiger partial charge on any atom is -0.501 e. The van der Waals surface area contributed by atoms with Gasteiger partial charge in [-0.15, -0.1) is 0 Å². The molecule has 0 N–H and O–H groups in total. The Bertz CT molecular complexity index is 98.7. The van der Waals surface area contributed by atoms with Crippen LogP contribution in [0, 0.1) is 0 Å². The molecule has 0 aromatic rings. The first-order valence-corrected chi connectivity index (χ1v) is 3.47. The molecule has 46 valence electrons. The molecule has 0 radical (unpaired) electrons. The van der Waals surface area contributed by atoms with Gasteiger partial charge in [0, 0.05) is 5.75 Å². The van der Waals surface area contributed by atoms with E-state index in [1.54, 1.807) is 0 Å². The first-order chi connectivity index (χ1) is 3.93. The Hall–Kier alpha value is -0.110. The van der Waals surface area contributed by atoms with E-state index in [-0.39, 0.29) is 0 Å². The predicted molar refractivity (Wildman–Crippen MR) is 37.1 cm³/mol. The van der Waals surface area contributed by atoms with Crippen LogP contribution in [0.1, 0.15) is 12.8 Å². The lowest BCUT2D eigenvalue weighted by molar-refractivity contribution is 0.225. The smallest absolute Gasteiger partial charge is 0.0876 e. The van der Waals surface area contributed by atoms with Crippen LogP contribution in [-0.4, -0.2) is 12.4 Å². The zero-order chi connectivity index (χ0) is 5.82. The van der Waals surface area contributed by atoms with Crippen molar-refractivity contribution in [3.05, 3.63) is 11.8 Å². The van der Waals surface area contributed by atoms with Gasteiger partial charge in [0.1, 0.15) is 0 Å². The first-order valence-electron chi connectivity index (χ1n) is 2.84. The van der Waals surface area contributed by atoms with Crippen LogP contribution < -0.4 is 0 Å². The molecule has 2 heteroatoms. The van der Waals surface area contributed by atoms with Crippen LogP contribution in [0.5, 0.6) is 0 Å². The third-order valence-corrected chi connectivity index (χ3v) is 1.62. The maximum absolute atomic E-state index is 5.06. The molecule has 0 aliphatic carbocycles.